The van der Waals surface area contributed by atoms with Crippen LogP contribution in [0, 0.1) is 12.8 Å². The van der Waals surface area contributed by atoms with Gasteiger partial charge in [-0.3, -0.25) is 0 Å². The average molecular weight is 425 g/mol. The number of alkyl halides is 2. The topological polar surface area (TPSA) is 72.9 Å². The summed E-state index contributed by atoms with van der Waals surface area (Å²) in [4.78, 5) is 13.5. The highest BCUT2D eigenvalue weighted by Gasteiger charge is 2.19. The lowest BCUT2D eigenvalue weighted by molar-refractivity contribution is 0.127. The van der Waals surface area contributed by atoms with E-state index in [4.69, 9.17) is 0 Å². The van der Waals surface area contributed by atoms with Gasteiger partial charge in [0, 0.05) is 17.8 Å². The van der Waals surface area contributed by atoms with Crippen LogP contribution in [0.3, 0.4) is 0 Å². The predicted molar refractivity (Wildman–Crippen MR) is 115 cm³/mol. The molecule has 31 heavy (non-hydrogen) atoms. The molecule has 4 aromatic rings. The van der Waals surface area contributed by atoms with Crippen molar-refractivity contribution in [3.05, 3.63) is 36.4 Å². The van der Waals surface area contributed by atoms with E-state index in [0.717, 1.165) is 29.8 Å². The molecule has 162 valence electrons. The van der Waals surface area contributed by atoms with Gasteiger partial charge in [-0.1, -0.05) is 6.92 Å². The quantitative estimate of drug-likeness (QED) is 0.502. The van der Waals surface area contributed by atoms with Crippen LogP contribution in [0.25, 0.3) is 27.9 Å². The summed E-state index contributed by atoms with van der Waals surface area (Å²) < 4.78 is 29.3. The van der Waals surface area contributed by atoms with Crippen LogP contribution in [-0.2, 0) is 6.54 Å². The van der Waals surface area contributed by atoms with Crippen molar-refractivity contribution in [2.45, 2.75) is 58.5 Å². The van der Waals surface area contributed by atoms with E-state index in [1.165, 1.54) is 17.4 Å². The monoisotopic (exact) mass is 425 g/mol. The number of nitrogens with zero attached hydrogens (tertiary/aromatic N) is 6. The molecule has 0 spiro atoms. The largest absolute Gasteiger partial charge is 0.350 e. The van der Waals surface area contributed by atoms with Crippen molar-refractivity contribution in [3.63, 3.8) is 0 Å². The number of anilines is 1. The van der Waals surface area contributed by atoms with E-state index in [2.05, 4.69) is 32.3 Å². The number of rotatable bonds is 5. The minimum absolute atomic E-state index is 0.408. The number of aryl methyl sites for hydroxylation is 1. The van der Waals surface area contributed by atoms with Crippen molar-refractivity contribution in [2.24, 2.45) is 5.92 Å². The highest BCUT2D eigenvalue weighted by atomic mass is 19.3. The average Bonchev–Trinajstić information content (AvgIpc) is 3.30. The molecule has 5 rings (SSSR count). The van der Waals surface area contributed by atoms with Gasteiger partial charge in [0.15, 0.2) is 5.65 Å². The summed E-state index contributed by atoms with van der Waals surface area (Å²) >= 11 is 0. The lowest BCUT2D eigenvalue weighted by Gasteiger charge is -2.26. The fourth-order valence-corrected chi connectivity index (χ4v) is 4.39. The van der Waals surface area contributed by atoms with Gasteiger partial charge in [0.2, 0.25) is 5.95 Å². The third-order valence-corrected chi connectivity index (χ3v) is 6.15. The van der Waals surface area contributed by atoms with Crippen LogP contribution in [-0.4, -0.2) is 41.6 Å². The number of fused-ring (bicyclic) bond motifs is 2. The Labute approximate surface area is 178 Å². The Balaban J connectivity index is 1.45. The summed E-state index contributed by atoms with van der Waals surface area (Å²) in [6.07, 6.45) is 5.90. The van der Waals surface area contributed by atoms with Crippen molar-refractivity contribution in [1.29, 1.82) is 0 Å². The first-order valence-electron chi connectivity index (χ1n) is 10.7. The maximum atomic E-state index is 13.0. The Morgan fingerprint density at radius 2 is 1.94 bits per heavy atom. The Morgan fingerprint density at radius 3 is 2.71 bits per heavy atom. The Bertz CT molecular complexity index is 1220. The maximum absolute atomic E-state index is 13.0. The molecule has 1 saturated carbocycles. The van der Waals surface area contributed by atoms with Crippen LogP contribution >= 0.6 is 0 Å². The van der Waals surface area contributed by atoms with Gasteiger partial charge >= 0.3 is 0 Å². The normalized spacial score (nSPS) is 19.5. The molecule has 0 atom stereocenters. The highest BCUT2D eigenvalue weighted by molar-refractivity contribution is 5.82. The lowest BCUT2D eigenvalue weighted by atomic mass is 9.87. The second kappa shape index (κ2) is 7.86. The van der Waals surface area contributed by atoms with Crippen LogP contribution in [0.5, 0.6) is 0 Å². The van der Waals surface area contributed by atoms with Crippen LogP contribution in [0.15, 0.2) is 30.6 Å². The van der Waals surface area contributed by atoms with E-state index in [1.54, 1.807) is 17.6 Å². The molecule has 0 radical (unpaired) electrons. The van der Waals surface area contributed by atoms with Crippen molar-refractivity contribution in [1.82, 2.24) is 29.1 Å². The molecule has 0 unspecified atom stereocenters. The Hall–Kier alpha value is -3.10. The van der Waals surface area contributed by atoms with Gasteiger partial charge < -0.3 is 9.88 Å². The van der Waals surface area contributed by atoms with Crippen LogP contribution in [0.2, 0.25) is 0 Å². The van der Waals surface area contributed by atoms with E-state index in [9.17, 15) is 8.78 Å². The van der Waals surface area contributed by atoms with Gasteiger partial charge in [0.1, 0.15) is 11.3 Å². The molecule has 4 heterocycles. The second-order valence-corrected chi connectivity index (χ2v) is 8.44. The van der Waals surface area contributed by atoms with E-state index >= 15 is 0 Å². The van der Waals surface area contributed by atoms with Crippen LogP contribution in [0.1, 0.15) is 38.4 Å². The molecule has 0 aromatic carbocycles. The molecule has 7 nitrogen and oxygen atoms in total. The standard InChI is InChI=1S/C22H25F2N7/c1-13-3-5-15(6-4-13)27-22-25-11-19-16(9-10-31(19)29-22)17-7-8-18-21(28-17)30(12-20(23)24)14(2)26-18/h7-11,13,15,20H,3-6,12H2,1-2H3,(H,27,29). The second-order valence-electron chi connectivity index (χ2n) is 8.44. The molecular weight excluding hydrogens is 400 g/mol. The third-order valence-electron chi connectivity index (χ3n) is 6.15. The van der Waals surface area contributed by atoms with Crippen molar-refractivity contribution in [2.75, 3.05) is 5.32 Å². The summed E-state index contributed by atoms with van der Waals surface area (Å²) in [6.45, 7) is 3.59. The lowest BCUT2D eigenvalue weighted by Crippen LogP contribution is -2.26. The molecule has 1 aliphatic carbocycles. The third kappa shape index (κ3) is 3.84. The van der Waals surface area contributed by atoms with Gasteiger partial charge in [-0.15, -0.1) is 5.10 Å². The van der Waals surface area contributed by atoms with E-state index < -0.39 is 13.0 Å². The summed E-state index contributed by atoms with van der Waals surface area (Å²) in [7, 11) is 0. The number of nitrogens with one attached hydrogen (secondary N) is 1. The van der Waals surface area contributed by atoms with Gasteiger partial charge in [0.25, 0.3) is 6.43 Å². The summed E-state index contributed by atoms with van der Waals surface area (Å²) in [5.41, 5.74) is 3.40. The summed E-state index contributed by atoms with van der Waals surface area (Å²) in [6, 6.07) is 6.00. The number of imidazole rings is 1. The number of hydrogen-bond acceptors (Lipinski definition) is 5. The summed E-state index contributed by atoms with van der Waals surface area (Å²) in [5, 5.41) is 8.06. The summed E-state index contributed by atoms with van der Waals surface area (Å²) in [5.74, 6) is 1.93. The molecule has 0 amide bonds. The zero-order chi connectivity index (χ0) is 21.5. The zero-order valence-corrected chi connectivity index (χ0v) is 17.6. The minimum atomic E-state index is -2.47. The SMILES string of the molecule is Cc1nc2ccc(-c3ccn4nc(NC5CCC(C)CC5)ncc34)nc2n1CC(F)F. The maximum Gasteiger partial charge on any atom is 0.256 e. The molecular formula is C22H25F2N7. The fourth-order valence-electron chi connectivity index (χ4n) is 4.39. The smallest absolute Gasteiger partial charge is 0.256 e. The first kappa shape index (κ1) is 19.8. The molecule has 0 saturated heterocycles. The first-order valence-corrected chi connectivity index (χ1v) is 10.7. The number of pyridine rings is 1. The van der Waals surface area contributed by atoms with Crippen molar-refractivity contribution in [3.8, 4) is 11.3 Å². The minimum Gasteiger partial charge on any atom is -0.350 e. The first-order chi connectivity index (χ1) is 15.0. The number of hydrogen-bond donors (Lipinski definition) is 1. The number of aromatic nitrogens is 6. The molecule has 1 fully saturated rings. The molecule has 1 aliphatic rings. The molecule has 4 aromatic heterocycles. The van der Waals surface area contributed by atoms with E-state index in [-0.39, 0.29) is 0 Å². The van der Waals surface area contributed by atoms with Crippen molar-refractivity contribution >= 4 is 22.6 Å². The predicted octanol–water partition coefficient (Wildman–Crippen LogP) is 4.71. The molecule has 9 heteroatoms. The molecule has 0 aliphatic heterocycles. The van der Waals surface area contributed by atoms with Gasteiger partial charge in [0.05, 0.1) is 24.0 Å². The Morgan fingerprint density at radius 1 is 1.13 bits per heavy atom. The van der Waals surface area contributed by atoms with E-state index in [0.29, 0.717) is 34.7 Å². The van der Waals surface area contributed by atoms with Gasteiger partial charge in [-0.05, 0) is 56.7 Å². The van der Waals surface area contributed by atoms with Crippen LogP contribution in [0.4, 0.5) is 14.7 Å². The highest BCUT2D eigenvalue weighted by Crippen LogP contribution is 2.28. The fraction of sp³-hybridized carbons (Fsp3) is 0.455. The molecule has 0 bridgehead atoms. The Kier molecular flexibility index (Phi) is 5.03. The zero-order valence-electron chi connectivity index (χ0n) is 17.6. The van der Waals surface area contributed by atoms with Gasteiger partial charge in [-0.25, -0.2) is 28.2 Å². The van der Waals surface area contributed by atoms with Crippen molar-refractivity contribution < 1.29 is 8.78 Å². The molecule has 1 N–H and O–H groups in total. The van der Waals surface area contributed by atoms with Gasteiger partial charge in [-0.2, -0.15) is 0 Å². The van der Waals surface area contributed by atoms with E-state index in [1.807, 2.05) is 24.4 Å². The van der Waals surface area contributed by atoms with Crippen LogP contribution < -0.4 is 5.32 Å². The number of halogens is 2.